The van der Waals surface area contributed by atoms with Gasteiger partial charge in [0.1, 0.15) is 11.5 Å². The van der Waals surface area contributed by atoms with E-state index < -0.39 is 0 Å². The molecule has 22 heavy (non-hydrogen) atoms. The van der Waals surface area contributed by atoms with E-state index in [2.05, 4.69) is 4.98 Å². The number of ether oxygens (including phenoxy) is 3. The molecule has 0 bridgehead atoms. The summed E-state index contributed by atoms with van der Waals surface area (Å²) < 4.78 is 16.4. The molecule has 0 radical (unpaired) electrons. The number of hydrogen-bond donors (Lipinski definition) is 0. The number of rotatable bonds is 4. The largest absolute Gasteiger partial charge is 0.493 e. The molecule has 0 spiro atoms. The Balaban J connectivity index is 1.96. The van der Waals surface area contributed by atoms with E-state index in [-0.39, 0.29) is 0 Å². The van der Waals surface area contributed by atoms with Gasteiger partial charge in [0.05, 0.1) is 25.9 Å². The fourth-order valence-electron chi connectivity index (χ4n) is 2.23. The van der Waals surface area contributed by atoms with Gasteiger partial charge < -0.3 is 14.2 Å². The Bertz CT molecular complexity index is 797. The number of hydrogen-bond acceptors (Lipinski definition) is 4. The van der Waals surface area contributed by atoms with E-state index in [1.54, 1.807) is 20.4 Å². The predicted molar refractivity (Wildman–Crippen MR) is 86.1 cm³/mol. The molecule has 0 fully saturated rings. The van der Waals surface area contributed by atoms with Crippen molar-refractivity contribution in [2.45, 2.75) is 6.92 Å². The van der Waals surface area contributed by atoms with Gasteiger partial charge in [-0.1, -0.05) is 17.7 Å². The van der Waals surface area contributed by atoms with Crippen molar-refractivity contribution < 1.29 is 14.2 Å². The summed E-state index contributed by atoms with van der Waals surface area (Å²) in [6, 6.07) is 13.6. The van der Waals surface area contributed by atoms with Crippen LogP contribution in [0.3, 0.4) is 0 Å². The molecular formula is C18H17NO3. The summed E-state index contributed by atoms with van der Waals surface area (Å²) in [5, 5.41) is 0.933. The van der Waals surface area contributed by atoms with Crippen molar-refractivity contribution in [1.82, 2.24) is 4.98 Å². The number of nitrogens with zero attached hydrogens (tertiary/aromatic N) is 1. The van der Waals surface area contributed by atoms with E-state index in [0.29, 0.717) is 17.2 Å². The molecule has 0 N–H and O–H groups in total. The van der Waals surface area contributed by atoms with Gasteiger partial charge in [-0.3, -0.25) is 4.98 Å². The molecule has 4 nitrogen and oxygen atoms in total. The minimum absolute atomic E-state index is 0.662. The minimum atomic E-state index is 0.662. The van der Waals surface area contributed by atoms with Gasteiger partial charge >= 0.3 is 0 Å². The molecule has 0 aliphatic heterocycles. The van der Waals surface area contributed by atoms with Gasteiger partial charge in [0, 0.05) is 11.5 Å². The maximum absolute atomic E-state index is 5.84. The van der Waals surface area contributed by atoms with Gasteiger partial charge in [-0.15, -0.1) is 0 Å². The third-order valence-electron chi connectivity index (χ3n) is 3.42. The normalized spacial score (nSPS) is 10.5. The number of pyridine rings is 1. The minimum Gasteiger partial charge on any atom is -0.493 e. The first-order valence-electron chi connectivity index (χ1n) is 6.96. The first kappa shape index (κ1) is 14.2. The summed E-state index contributed by atoms with van der Waals surface area (Å²) in [5.41, 5.74) is 2.02. The van der Waals surface area contributed by atoms with Gasteiger partial charge in [0.15, 0.2) is 11.5 Å². The van der Waals surface area contributed by atoms with Crippen molar-refractivity contribution in [3.05, 3.63) is 54.2 Å². The van der Waals surface area contributed by atoms with Crippen molar-refractivity contribution in [3.63, 3.8) is 0 Å². The Kier molecular flexibility index (Phi) is 3.83. The monoisotopic (exact) mass is 295 g/mol. The van der Waals surface area contributed by atoms with Gasteiger partial charge in [-0.05, 0) is 31.2 Å². The highest BCUT2D eigenvalue weighted by atomic mass is 16.5. The van der Waals surface area contributed by atoms with E-state index in [1.807, 2.05) is 49.4 Å². The van der Waals surface area contributed by atoms with Crippen molar-refractivity contribution in [3.8, 4) is 23.0 Å². The SMILES string of the molecule is COc1cc2cc(Oc3ccc(C)cc3)cnc2cc1OC. The topological polar surface area (TPSA) is 40.6 Å². The molecule has 3 rings (SSSR count). The molecule has 1 aromatic heterocycles. The van der Waals surface area contributed by atoms with Gasteiger partial charge in [-0.2, -0.15) is 0 Å². The molecule has 2 aromatic carbocycles. The van der Waals surface area contributed by atoms with Crippen LogP contribution in [-0.4, -0.2) is 19.2 Å². The number of benzene rings is 2. The summed E-state index contributed by atoms with van der Waals surface area (Å²) in [6.45, 7) is 2.04. The second kappa shape index (κ2) is 5.93. The zero-order valence-corrected chi connectivity index (χ0v) is 12.8. The van der Waals surface area contributed by atoms with Crippen LogP contribution in [0.4, 0.5) is 0 Å². The van der Waals surface area contributed by atoms with Crippen molar-refractivity contribution in [2.24, 2.45) is 0 Å². The summed E-state index contributed by atoms with van der Waals surface area (Å²) in [4.78, 5) is 4.42. The second-order valence-electron chi connectivity index (χ2n) is 4.99. The number of aromatic nitrogens is 1. The lowest BCUT2D eigenvalue weighted by Crippen LogP contribution is -1.92. The van der Waals surface area contributed by atoms with E-state index in [4.69, 9.17) is 14.2 Å². The van der Waals surface area contributed by atoms with E-state index in [1.165, 1.54) is 5.56 Å². The molecule has 0 aliphatic carbocycles. The second-order valence-corrected chi connectivity index (χ2v) is 4.99. The van der Waals surface area contributed by atoms with Crippen molar-refractivity contribution in [2.75, 3.05) is 14.2 Å². The van der Waals surface area contributed by atoms with Gasteiger partial charge in [-0.25, -0.2) is 0 Å². The highest BCUT2D eigenvalue weighted by Crippen LogP contribution is 2.33. The van der Waals surface area contributed by atoms with E-state index >= 15 is 0 Å². The van der Waals surface area contributed by atoms with E-state index in [9.17, 15) is 0 Å². The average molecular weight is 295 g/mol. The summed E-state index contributed by atoms with van der Waals surface area (Å²) in [5.74, 6) is 2.80. The molecule has 4 heteroatoms. The summed E-state index contributed by atoms with van der Waals surface area (Å²) in [7, 11) is 3.22. The van der Waals surface area contributed by atoms with Gasteiger partial charge in [0.2, 0.25) is 0 Å². The zero-order chi connectivity index (χ0) is 15.5. The standard InChI is InChI=1S/C18H17NO3/c1-12-4-6-14(7-5-12)22-15-8-13-9-17(20-2)18(21-3)10-16(13)19-11-15/h4-11H,1-3H3. The molecule has 0 atom stereocenters. The molecule has 0 unspecified atom stereocenters. The smallest absolute Gasteiger partial charge is 0.162 e. The third kappa shape index (κ3) is 2.81. The Labute approximate surface area is 129 Å². The van der Waals surface area contributed by atoms with Crippen LogP contribution in [-0.2, 0) is 0 Å². The Morgan fingerprint density at radius 2 is 1.50 bits per heavy atom. The summed E-state index contributed by atoms with van der Waals surface area (Å²) >= 11 is 0. The van der Waals surface area contributed by atoms with Crippen molar-refractivity contribution >= 4 is 10.9 Å². The predicted octanol–water partition coefficient (Wildman–Crippen LogP) is 4.35. The lowest BCUT2D eigenvalue weighted by atomic mass is 10.2. The number of aryl methyl sites for hydroxylation is 1. The van der Waals surface area contributed by atoms with Crippen LogP contribution < -0.4 is 14.2 Å². The highest BCUT2D eigenvalue weighted by molar-refractivity contribution is 5.83. The Morgan fingerprint density at radius 3 is 2.18 bits per heavy atom. The Morgan fingerprint density at radius 1 is 0.818 bits per heavy atom. The summed E-state index contributed by atoms with van der Waals surface area (Å²) in [6.07, 6.45) is 1.70. The molecule has 112 valence electrons. The molecular weight excluding hydrogens is 278 g/mol. The van der Waals surface area contributed by atoms with Gasteiger partial charge in [0.25, 0.3) is 0 Å². The molecule has 0 saturated carbocycles. The van der Waals surface area contributed by atoms with Crippen LogP contribution in [0.25, 0.3) is 10.9 Å². The van der Waals surface area contributed by atoms with Crippen LogP contribution in [0.15, 0.2) is 48.7 Å². The van der Waals surface area contributed by atoms with Crippen molar-refractivity contribution in [1.29, 1.82) is 0 Å². The quantitative estimate of drug-likeness (QED) is 0.717. The maximum atomic E-state index is 5.84. The molecule has 1 heterocycles. The average Bonchev–Trinajstić information content (AvgIpc) is 2.55. The van der Waals surface area contributed by atoms with E-state index in [0.717, 1.165) is 16.7 Å². The molecule has 0 saturated heterocycles. The lowest BCUT2D eigenvalue weighted by molar-refractivity contribution is 0.355. The van der Waals surface area contributed by atoms with Crippen LogP contribution in [0, 0.1) is 6.92 Å². The zero-order valence-electron chi connectivity index (χ0n) is 12.8. The number of fused-ring (bicyclic) bond motifs is 1. The van der Waals surface area contributed by atoms with Crippen LogP contribution >= 0.6 is 0 Å². The molecule has 0 amide bonds. The maximum Gasteiger partial charge on any atom is 0.162 e. The lowest BCUT2D eigenvalue weighted by Gasteiger charge is -2.10. The molecule has 3 aromatic rings. The first-order chi connectivity index (χ1) is 10.7. The Hall–Kier alpha value is -2.75. The number of methoxy groups -OCH3 is 2. The van der Waals surface area contributed by atoms with Crippen LogP contribution in [0.1, 0.15) is 5.56 Å². The first-order valence-corrected chi connectivity index (χ1v) is 6.96. The van der Waals surface area contributed by atoms with Crippen LogP contribution in [0.2, 0.25) is 0 Å². The van der Waals surface area contributed by atoms with Crippen LogP contribution in [0.5, 0.6) is 23.0 Å². The fourth-order valence-corrected chi connectivity index (χ4v) is 2.23. The third-order valence-corrected chi connectivity index (χ3v) is 3.42. The fraction of sp³-hybridized carbons (Fsp3) is 0.167. The highest BCUT2D eigenvalue weighted by Gasteiger charge is 2.08. The molecule has 0 aliphatic rings.